The van der Waals surface area contributed by atoms with Crippen molar-refractivity contribution >= 4 is 29.1 Å². The Bertz CT molecular complexity index is 985. The molecule has 2 aromatic heterocycles. The molecule has 0 saturated carbocycles. The van der Waals surface area contributed by atoms with Crippen molar-refractivity contribution in [3.63, 3.8) is 0 Å². The van der Waals surface area contributed by atoms with Crippen LogP contribution in [-0.2, 0) is 11.3 Å². The van der Waals surface area contributed by atoms with Gasteiger partial charge < -0.3 is 5.32 Å². The molecule has 3 rings (SSSR count). The van der Waals surface area contributed by atoms with E-state index in [4.69, 9.17) is 23.2 Å². The summed E-state index contributed by atoms with van der Waals surface area (Å²) in [5.74, 6) is -0.952. The third-order valence-electron chi connectivity index (χ3n) is 3.69. The smallest absolute Gasteiger partial charge is 0.348 e. The number of hydrogen-bond acceptors (Lipinski definition) is 5. The molecule has 0 aliphatic rings. The summed E-state index contributed by atoms with van der Waals surface area (Å²) in [6, 6.07) is 9.80. The highest BCUT2D eigenvalue weighted by molar-refractivity contribution is 6.35. The Kier molecular flexibility index (Phi) is 5.39. The van der Waals surface area contributed by atoms with Crippen LogP contribution in [0.1, 0.15) is 18.5 Å². The molecule has 0 radical (unpaired) electrons. The lowest BCUT2D eigenvalue weighted by atomic mass is 10.1. The molecule has 0 bridgehead atoms. The third-order valence-corrected chi connectivity index (χ3v) is 4.25. The van der Waals surface area contributed by atoms with E-state index in [1.807, 2.05) is 0 Å². The van der Waals surface area contributed by atoms with Gasteiger partial charge in [0.1, 0.15) is 12.2 Å². The van der Waals surface area contributed by atoms with Crippen LogP contribution < -0.4 is 11.1 Å². The van der Waals surface area contributed by atoms with Crippen LogP contribution in [0.5, 0.6) is 0 Å². The molecule has 0 saturated heterocycles. The van der Waals surface area contributed by atoms with Gasteiger partial charge in [-0.3, -0.25) is 14.3 Å². The number of nitrogens with zero attached hydrogens (tertiary/aromatic N) is 3. The van der Waals surface area contributed by atoms with Gasteiger partial charge >= 0.3 is 5.76 Å². The number of benzene rings is 1. The van der Waals surface area contributed by atoms with Crippen molar-refractivity contribution in [2.75, 3.05) is 0 Å². The molecule has 1 N–H and O–H groups in total. The minimum atomic E-state index is -0.738. The lowest BCUT2D eigenvalue weighted by Gasteiger charge is -2.16. The number of hydrogen-bond donors (Lipinski definition) is 1. The first-order valence-corrected chi connectivity index (χ1v) is 8.43. The van der Waals surface area contributed by atoms with Crippen molar-refractivity contribution in [2.24, 2.45) is 0 Å². The standard InChI is InChI=1S/C17H14Cl2N4O3/c1-10(12-6-5-11(18)8-13(12)19)21-15(24)9-23-16(22-26-17(23)25)14-4-2-3-7-20-14/h2-8,10H,9H2,1H3,(H,21,24). The first-order chi connectivity index (χ1) is 12.5. The van der Waals surface area contributed by atoms with Gasteiger partial charge in [-0.2, -0.15) is 0 Å². The summed E-state index contributed by atoms with van der Waals surface area (Å²) >= 11 is 12.0. The molecule has 3 aromatic rings. The second-order valence-electron chi connectivity index (χ2n) is 5.53. The zero-order valence-corrected chi connectivity index (χ0v) is 15.2. The zero-order valence-electron chi connectivity index (χ0n) is 13.6. The van der Waals surface area contributed by atoms with E-state index in [0.717, 1.165) is 4.57 Å². The number of carbonyl (C=O) groups excluding carboxylic acids is 1. The number of aromatic nitrogens is 3. The van der Waals surface area contributed by atoms with Crippen molar-refractivity contribution < 1.29 is 9.32 Å². The summed E-state index contributed by atoms with van der Waals surface area (Å²) in [5, 5.41) is 7.44. The lowest BCUT2D eigenvalue weighted by Crippen LogP contribution is -2.33. The maximum absolute atomic E-state index is 12.4. The number of pyridine rings is 1. The molecule has 0 spiro atoms. The number of amides is 1. The molecule has 134 valence electrons. The van der Waals surface area contributed by atoms with E-state index in [1.54, 1.807) is 49.5 Å². The Hall–Kier alpha value is -2.64. The summed E-state index contributed by atoms with van der Waals surface area (Å²) in [6.07, 6.45) is 1.56. The Labute approximate surface area is 158 Å². The van der Waals surface area contributed by atoms with Gasteiger partial charge in [-0.1, -0.05) is 40.5 Å². The molecule has 1 amide bonds. The summed E-state index contributed by atoms with van der Waals surface area (Å²) in [4.78, 5) is 28.4. The van der Waals surface area contributed by atoms with Crippen LogP contribution in [0.15, 0.2) is 51.9 Å². The summed E-state index contributed by atoms with van der Waals surface area (Å²) in [6.45, 7) is 1.52. The van der Waals surface area contributed by atoms with Crippen LogP contribution >= 0.6 is 23.2 Å². The predicted octanol–water partition coefficient (Wildman–Crippen LogP) is 3.08. The van der Waals surface area contributed by atoms with Gasteiger partial charge in [0.2, 0.25) is 11.7 Å². The summed E-state index contributed by atoms with van der Waals surface area (Å²) in [5.41, 5.74) is 1.15. The van der Waals surface area contributed by atoms with Crippen LogP contribution in [0, 0.1) is 0 Å². The first kappa shape index (κ1) is 18.2. The van der Waals surface area contributed by atoms with E-state index in [1.165, 1.54) is 0 Å². The molecule has 1 aromatic carbocycles. The molecular weight excluding hydrogens is 379 g/mol. The minimum absolute atomic E-state index is 0.183. The molecule has 9 heteroatoms. The monoisotopic (exact) mass is 392 g/mol. The molecule has 2 heterocycles. The van der Waals surface area contributed by atoms with Crippen LogP contribution in [0.3, 0.4) is 0 Å². The number of halogens is 2. The fourth-order valence-electron chi connectivity index (χ4n) is 2.45. The molecule has 0 aliphatic carbocycles. The van der Waals surface area contributed by atoms with Gasteiger partial charge in [-0.05, 0) is 36.8 Å². The molecule has 1 atom stereocenters. The maximum atomic E-state index is 12.4. The van der Waals surface area contributed by atoms with Crippen molar-refractivity contribution in [2.45, 2.75) is 19.5 Å². The van der Waals surface area contributed by atoms with Crippen molar-refractivity contribution in [3.8, 4) is 11.5 Å². The fourth-order valence-corrected chi connectivity index (χ4v) is 3.02. The van der Waals surface area contributed by atoms with Crippen LogP contribution in [0.25, 0.3) is 11.5 Å². The van der Waals surface area contributed by atoms with Gasteiger partial charge in [-0.15, -0.1) is 0 Å². The van der Waals surface area contributed by atoms with E-state index in [-0.39, 0.29) is 18.4 Å². The third kappa shape index (κ3) is 3.95. The van der Waals surface area contributed by atoms with Gasteiger partial charge in [-0.25, -0.2) is 9.36 Å². The molecular formula is C17H14Cl2N4O3. The van der Waals surface area contributed by atoms with Crippen LogP contribution in [0.2, 0.25) is 10.0 Å². The fraction of sp³-hybridized carbons (Fsp3) is 0.176. The highest BCUT2D eigenvalue weighted by atomic mass is 35.5. The Balaban J connectivity index is 1.77. The molecule has 0 aliphatic heterocycles. The van der Waals surface area contributed by atoms with Gasteiger partial charge in [0.05, 0.1) is 6.04 Å². The Morgan fingerprint density at radius 2 is 2.12 bits per heavy atom. The second-order valence-corrected chi connectivity index (χ2v) is 6.37. The quantitative estimate of drug-likeness (QED) is 0.720. The molecule has 0 fully saturated rings. The topological polar surface area (TPSA) is 90.0 Å². The molecule has 1 unspecified atom stereocenters. The van der Waals surface area contributed by atoms with E-state index >= 15 is 0 Å². The van der Waals surface area contributed by atoms with E-state index in [9.17, 15) is 9.59 Å². The Morgan fingerprint density at radius 1 is 1.31 bits per heavy atom. The number of rotatable bonds is 5. The lowest BCUT2D eigenvalue weighted by molar-refractivity contribution is -0.122. The number of nitrogens with one attached hydrogen (secondary N) is 1. The normalized spacial score (nSPS) is 12.0. The molecule has 26 heavy (non-hydrogen) atoms. The average molecular weight is 393 g/mol. The van der Waals surface area contributed by atoms with Crippen LogP contribution in [-0.4, -0.2) is 20.6 Å². The van der Waals surface area contributed by atoms with E-state index in [0.29, 0.717) is 21.3 Å². The first-order valence-electron chi connectivity index (χ1n) is 7.68. The van der Waals surface area contributed by atoms with E-state index < -0.39 is 11.7 Å². The zero-order chi connectivity index (χ0) is 18.7. The highest BCUT2D eigenvalue weighted by Gasteiger charge is 2.19. The van der Waals surface area contributed by atoms with Gasteiger partial charge in [0, 0.05) is 16.2 Å². The van der Waals surface area contributed by atoms with Gasteiger partial charge in [0.15, 0.2) is 0 Å². The summed E-state index contributed by atoms with van der Waals surface area (Å²) in [7, 11) is 0. The Morgan fingerprint density at radius 3 is 2.81 bits per heavy atom. The summed E-state index contributed by atoms with van der Waals surface area (Å²) < 4.78 is 5.79. The maximum Gasteiger partial charge on any atom is 0.442 e. The SMILES string of the molecule is CC(NC(=O)Cn1c(-c2ccccn2)noc1=O)c1ccc(Cl)cc1Cl. The van der Waals surface area contributed by atoms with Crippen LogP contribution in [0.4, 0.5) is 0 Å². The predicted molar refractivity (Wildman–Crippen MR) is 97.0 cm³/mol. The van der Waals surface area contributed by atoms with Gasteiger partial charge in [0.25, 0.3) is 0 Å². The second kappa shape index (κ2) is 7.72. The minimum Gasteiger partial charge on any atom is -0.348 e. The highest BCUT2D eigenvalue weighted by Crippen LogP contribution is 2.26. The average Bonchev–Trinajstić information content (AvgIpc) is 2.96. The largest absolute Gasteiger partial charge is 0.442 e. The number of carbonyl (C=O) groups is 1. The van der Waals surface area contributed by atoms with E-state index in [2.05, 4.69) is 20.0 Å². The van der Waals surface area contributed by atoms with Crippen molar-refractivity contribution in [1.82, 2.24) is 20.0 Å². The van der Waals surface area contributed by atoms with Crippen molar-refractivity contribution in [3.05, 3.63) is 68.8 Å². The van der Waals surface area contributed by atoms with Crippen molar-refractivity contribution in [1.29, 1.82) is 0 Å². The molecule has 7 nitrogen and oxygen atoms in total.